The summed E-state index contributed by atoms with van der Waals surface area (Å²) in [6.07, 6.45) is -5.06. The molecule has 4 rings (SSSR count). The van der Waals surface area contributed by atoms with E-state index in [2.05, 4.69) is 15.3 Å². The Hall–Kier alpha value is -3.80. The number of hydrogen-bond donors (Lipinski definition) is 2. The number of nitrogen functional groups attached to an aromatic ring is 1. The molecule has 0 spiro atoms. The molecule has 35 heavy (non-hydrogen) atoms. The lowest BCUT2D eigenvalue weighted by Crippen LogP contribution is -2.42. The molecule has 1 saturated heterocycles. The molecule has 12 heteroatoms. The third-order valence-corrected chi connectivity index (χ3v) is 5.36. The van der Waals surface area contributed by atoms with Gasteiger partial charge < -0.3 is 30.2 Å². The van der Waals surface area contributed by atoms with Gasteiger partial charge in [-0.05, 0) is 36.8 Å². The molecule has 1 fully saturated rings. The maximum Gasteiger partial charge on any atom is 0.416 e. The van der Waals surface area contributed by atoms with Gasteiger partial charge in [-0.3, -0.25) is 0 Å². The van der Waals surface area contributed by atoms with E-state index in [1.165, 1.54) is 18.1 Å². The van der Waals surface area contributed by atoms with Crippen LogP contribution in [0.4, 0.5) is 29.5 Å². The number of amides is 1. The fourth-order valence-electron chi connectivity index (χ4n) is 3.70. The van der Waals surface area contributed by atoms with Crippen molar-refractivity contribution >= 4 is 28.5 Å². The summed E-state index contributed by atoms with van der Waals surface area (Å²) in [6, 6.07) is 6.54. The maximum absolute atomic E-state index is 13.2. The Kier molecular flexibility index (Phi) is 6.83. The molecule has 0 radical (unpaired) electrons. The summed E-state index contributed by atoms with van der Waals surface area (Å²) in [6.45, 7) is 3.37. The molecule has 3 aromatic rings. The van der Waals surface area contributed by atoms with Crippen LogP contribution < -0.4 is 20.5 Å². The van der Waals surface area contributed by atoms with E-state index in [9.17, 15) is 18.0 Å². The number of carbonyl (C=O) groups is 1. The second-order valence-electron chi connectivity index (χ2n) is 7.92. The number of aromatic nitrogens is 2. The van der Waals surface area contributed by atoms with Crippen LogP contribution in [0.25, 0.3) is 10.9 Å². The summed E-state index contributed by atoms with van der Waals surface area (Å²) in [7, 11) is 1.44. The number of benzene rings is 2. The Balaban J connectivity index is 1.64. The summed E-state index contributed by atoms with van der Waals surface area (Å²) in [5.74, 6) is 1.25. The van der Waals surface area contributed by atoms with E-state index in [-0.39, 0.29) is 18.0 Å². The highest BCUT2D eigenvalue weighted by atomic mass is 19.4. The number of nitrogens with zero attached hydrogens (tertiary/aromatic N) is 3. The lowest BCUT2D eigenvalue weighted by atomic mass is 10.1. The van der Waals surface area contributed by atoms with Crippen LogP contribution in [-0.4, -0.2) is 54.4 Å². The van der Waals surface area contributed by atoms with Crippen LogP contribution in [0.15, 0.2) is 30.3 Å². The summed E-state index contributed by atoms with van der Waals surface area (Å²) in [5, 5.41) is 3.55. The topological polar surface area (TPSA) is 112 Å². The number of fused-ring (bicyclic) bond motifs is 1. The van der Waals surface area contributed by atoms with Gasteiger partial charge in [0, 0.05) is 36.8 Å². The SMILES string of the molecule is COc1cc2nc(C)nc(NCc3cc(N)cc(C(F)(F)F)c3)c2cc1OC(=O)N1CCOCC1. The average molecular weight is 491 g/mol. The van der Waals surface area contributed by atoms with Crippen molar-refractivity contribution in [2.24, 2.45) is 0 Å². The lowest BCUT2D eigenvalue weighted by Gasteiger charge is -2.26. The molecule has 0 unspecified atom stereocenters. The molecule has 9 nitrogen and oxygen atoms in total. The van der Waals surface area contributed by atoms with E-state index in [1.54, 1.807) is 19.1 Å². The molecule has 2 heterocycles. The monoisotopic (exact) mass is 491 g/mol. The molecular weight excluding hydrogens is 467 g/mol. The zero-order chi connectivity index (χ0) is 25.2. The van der Waals surface area contributed by atoms with Crippen LogP contribution >= 0.6 is 0 Å². The molecule has 1 aromatic heterocycles. The van der Waals surface area contributed by atoms with Crippen molar-refractivity contribution in [1.82, 2.24) is 14.9 Å². The molecule has 2 aromatic carbocycles. The molecule has 0 saturated carbocycles. The minimum absolute atomic E-state index is 0.00222. The van der Waals surface area contributed by atoms with Crippen molar-refractivity contribution < 1.29 is 32.2 Å². The summed E-state index contributed by atoms with van der Waals surface area (Å²) >= 11 is 0. The molecule has 1 amide bonds. The maximum atomic E-state index is 13.2. The standard InChI is InChI=1S/C23H24F3N5O4/c1-13-29-18-11-19(33-2)20(35-22(32)31-3-5-34-6-4-31)10-17(18)21(30-13)28-12-14-7-15(23(24,25)26)9-16(27)8-14/h7-11H,3-6,12,27H2,1-2H3,(H,28,29,30). The van der Waals surface area contributed by atoms with E-state index >= 15 is 0 Å². The first-order valence-electron chi connectivity index (χ1n) is 10.8. The predicted octanol–water partition coefficient (Wildman–Crippen LogP) is 3.99. The Morgan fingerprint density at radius 1 is 1.14 bits per heavy atom. The number of rotatable bonds is 5. The third-order valence-electron chi connectivity index (χ3n) is 5.36. The largest absolute Gasteiger partial charge is 0.493 e. The zero-order valence-electron chi connectivity index (χ0n) is 19.1. The highest BCUT2D eigenvalue weighted by Gasteiger charge is 2.31. The number of anilines is 2. The number of nitrogens with one attached hydrogen (secondary N) is 1. The first-order valence-corrected chi connectivity index (χ1v) is 10.8. The van der Waals surface area contributed by atoms with Gasteiger partial charge in [-0.15, -0.1) is 0 Å². The van der Waals surface area contributed by atoms with Gasteiger partial charge in [0.15, 0.2) is 11.5 Å². The molecule has 1 aliphatic rings. The Labute approximate surface area is 199 Å². The van der Waals surface area contributed by atoms with E-state index in [0.29, 0.717) is 60.2 Å². The molecule has 3 N–H and O–H groups in total. The van der Waals surface area contributed by atoms with Crippen molar-refractivity contribution in [2.45, 2.75) is 19.6 Å². The summed E-state index contributed by atoms with van der Waals surface area (Å²) in [4.78, 5) is 22.9. The van der Waals surface area contributed by atoms with Gasteiger partial charge in [0.25, 0.3) is 0 Å². The van der Waals surface area contributed by atoms with Crippen molar-refractivity contribution in [3.63, 3.8) is 0 Å². The summed E-state index contributed by atoms with van der Waals surface area (Å²) in [5.41, 5.74) is 5.67. The first kappa shape index (κ1) is 24.3. The number of hydrogen-bond acceptors (Lipinski definition) is 8. The zero-order valence-corrected chi connectivity index (χ0v) is 19.1. The number of nitrogens with two attached hydrogens (primary N) is 1. The van der Waals surface area contributed by atoms with Crippen LogP contribution in [0, 0.1) is 6.92 Å². The van der Waals surface area contributed by atoms with Crippen molar-refractivity contribution in [2.75, 3.05) is 44.5 Å². The van der Waals surface area contributed by atoms with Gasteiger partial charge in [-0.1, -0.05) is 0 Å². The van der Waals surface area contributed by atoms with E-state index in [0.717, 1.165) is 12.1 Å². The number of carbonyl (C=O) groups excluding carboxylic acids is 1. The second-order valence-corrected chi connectivity index (χ2v) is 7.92. The number of aryl methyl sites for hydroxylation is 1. The lowest BCUT2D eigenvalue weighted by molar-refractivity contribution is -0.137. The van der Waals surface area contributed by atoms with Crippen LogP contribution in [0.1, 0.15) is 17.0 Å². The van der Waals surface area contributed by atoms with Gasteiger partial charge in [-0.25, -0.2) is 14.8 Å². The highest BCUT2D eigenvalue weighted by Crippen LogP contribution is 2.35. The minimum Gasteiger partial charge on any atom is -0.493 e. The number of morpholine rings is 1. The normalized spacial score (nSPS) is 14.1. The Morgan fingerprint density at radius 2 is 1.89 bits per heavy atom. The smallest absolute Gasteiger partial charge is 0.416 e. The van der Waals surface area contributed by atoms with E-state index in [1.807, 2.05) is 0 Å². The predicted molar refractivity (Wildman–Crippen MR) is 122 cm³/mol. The number of halogens is 3. The van der Waals surface area contributed by atoms with Crippen LogP contribution in [-0.2, 0) is 17.5 Å². The molecular formula is C23H24F3N5O4. The van der Waals surface area contributed by atoms with Gasteiger partial charge >= 0.3 is 12.3 Å². The van der Waals surface area contributed by atoms with E-state index < -0.39 is 17.8 Å². The fourth-order valence-corrected chi connectivity index (χ4v) is 3.70. The second kappa shape index (κ2) is 9.82. The van der Waals surface area contributed by atoms with Gasteiger partial charge in [0.1, 0.15) is 11.6 Å². The van der Waals surface area contributed by atoms with Crippen molar-refractivity contribution in [3.05, 3.63) is 47.3 Å². The number of alkyl halides is 3. The molecule has 0 bridgehead atoms. The Morgan fingerprint density at radius 3 is 2.57 bits per heavy atom. The van der Waals surface area contributed by atoms with Crippen molar-refractivity contribution in [1.29, 1.82) is 0 Å². The van der Waals surface area contributed by atoms with Crippen LogP contribution in [0.5, 0.6) is 11.5 Å². The highest BCUT2D eigenvalue weighted by molar-refractivity contribution is 5.92. The summed E-state index contributed by atoms with van der Waals surface area (Å²) < 4.78 is 55.7. The van der Waals surface area contributed by atoms with Crippen molar-refractivity contribution in [3.8, 4) is 11.5 Å². The molecule has 0 aliphatic carbocycles. The number of ether oxygens (including phenoxy) is 3. The number of methoxy groups -OCH3 is 1. The van der Waals surface area contributed by atoms with Crippen LogP contribution in [0.2, 0.25) is 0 Å². The average Bonchev–Trinajstić information content (AvgIpc) is 2.82. The third kappa shape index (κ3) is 5.65. The Bertz CT molecular complexity index is 1250. The van der Waals surface area contributed by atoms with Gasteiger partial charge in [0.2, 0.25) is 0 Å². The molecule has 186 valence electrons. The molecule has 1 aliphatic heterocycles. The minimum atomic E-state index is -4.52. The first-order chi connectivity index (χ1) is 16.6. The van der Waals surface area contributed by atoms with E-state index in [4.69, 9.17) is 19.9 Å². The fraction of sp³-hybridized carbons (Fsp3) is 0.348. The van der Waals surface area contributed by atoms with Gasteiger partial charge in [-0.2, -0.15) is 13.2 Å². The van der Waals surface area contributed by atoms with Crippen LogP contribution in [0.3, 0.4) is 0 Å². The quantitative estimate of drug-likeness (QED) is 0.516. The molecule has 0 atom stereocenters. The van der Waals surface area contributed by atoms with Gasteiger partial charge in [0.05, 0.1) is 31.4 Å².